The molecule has 0 saturated carbocycles. The predicted octanol–water partition coefficient (Wildman–Crippen LogP) is 4.05. The SMILES string of the molecule is Cc1csc(SCc2ccc(C(=O)N3CCN(C(=O)c4ccccc4O)CC3)cc2)n1. The van der Waals surface area contributed by atoms with E-state index in [-0.39, 0.29) is 17.6 Å². The van der Waals surface area contributed by atoms with E-state index in [0.717, 1.165) is 21.3 Å². The van der Waals surface area contributed by atoms with E-state index in [9.17, 15) is 14.7 Å². The summed E-state index contributed by atoms with van der Waals surface area (Å²) in [4.78, 5) is 33.4. The third-order valence-corrected chi connectivity index (χ3v) is 7.36. The lowest BCUT2D eigenvalue weighted by Gasteiger charge is -2.35. The number of phenols is 1. The highest BCUT2D eigenvalue weighted by Crippen LogP contribution is 2.26. The average Bonchev–Trinajstić information content (AvgIpc) is 3.22. The summed E-state index contributed by atoms with van der Waals surface area (Å²) < 4.78 is 1.05. The van der Waals surface area contributed by atoms with Crippen molar-refractivity contribution in [2.45, 2.75) is 17.0 Å². The molecule has 0 radical (unpaired) electrons. The number of hydrogen-bond donors (Lipinski definition) is 1. The smallest absolute Gasteiger partial charge is 0.257 e. The van der Waals surface area contributed by atoms with Gasteiger partial charge in [-0.05, 0) is 36.8 Å². The zero-order valence-corrected chi connectivity index (χ0v) is 18.8. The van der Waals surface area contributed by atoms with Crippen LogP contribution in [0.5, 0.6) is 5.75 Å². The summed E-state index contributed by atoms with van der Waals surface area (Å²) in [7, 11) is 0. The fraction of sp³-hybridized carbons (Fsp3) is 0.261. The largest absolute Gasteiger partial charge is 0.507 e. The molecule has 0 atom stereocenters. The Bertz CT molecular complexity index is 1070. The minimum Gasteiger partial charge on any atom is -0.507 e. The van der Waals surface area contributed by atoms with E-state index < -0.39 is 0 Å². The Balaban J connectivity index is 1.31. The quantitative estimate of drug-likeness (QED) is 0.590. The number of rotatable bonds is 5. The molecule has 4 rings (SSSR count). The van der Waals surface area contributed by atoms with Crippen LogP contribution in [0.1, 0.15) is 32.0 Å². The second kappa shape index (κ2) is 9.53. The van der Waals surface area contributed by atoms with Crippen LogP contribution in [0.2, 0.25) is 0 Å². The molecule has 3 aromatic rings. The lowest BCUT2D eigenvalue weighted by molar-refractivity contribution is 0.0533. The number of aryl methyl sites for hydroxylation is 1. The fourth-order valence-electron chi connectivity index (χ4n) is 3.41. The first-order valence-electron chi connectivity index (χ1n) is 10.0. The van der Waals surface area contributed by atoms with Gasteiger partial charge in [0.15, 0.2) is 0 Å². The number of thiazole rings is 1. The van der Waals surface area contributed by atoms with Crippen LogP contribution in [0.25, 0.3) is 0 Å². The van der Waals surface area contributed by atoms with E-state index in [0.29, 0.717) is 37.3 Å². The lowest BCUT2D eigenvalue weighted by atomic mass is 10.1. The first kappa shape index (κ1) is 21.4. The molecular weight excluding hydrogens is 430 g/mol. The number of carbonyl (C=O) groups is 2. The Labute approximate surface area is 189 Å². The van der Waals surface area contributed by atoms with E-state index in [2.05, 4.69) is 4.98 Å². The number of piperazine rings is 1. The third-order valence-electron chi connectivity index (χ3n) is 5.15. The molecule has 0 unspecified atom stereocenters. The van der Waals surface area contributed by atoms with Gasteiger partial charge in [-0.25, -0.2) is 4.98 Å². The predicted molar refractivity (Wildman–Crippen MR) is 123 cm³/mol. The van der Waals surface area contributed by atoms with Crippen LogP contribution < -0.4 is 0 Å². The number of phenolic OH excluding ortho intramolecular Hbond substituents is 1. The number of amides is 2. The number of aromatic hydroxyl groups is 1. The number of aromatic nitrogens is 1. The van der Waals surface area contributed by atoms with Gasteiger partial charge >= 0.3 is 0 Å². The summed E-state index contributed by atoms with van der Waals surface area (Å²) in [6.45, 7) is 3.82. The van der Waals surface area contributed by atoms with Gasteiger partial charge in [0.2, 0.25) is 0 Å². The Hall–Kier alpha value is -2.84. The Kier molecular flexibility index (Phi) is 6.58. The van der Waals surface area contributed by atoms with E-state index in [1.807, 2.05) is 36.6 Å². The van der Waals surface area contributed by atoms with Gasteiger partial charge in [-0.15, -0.1) is 11.3 Å². The van der Waals surface area contributed by atoms with Crippen LogP contribution in [0, 0.1) is 6.92 Å². The van der Waals surface area contributed by atoms with Gasteiger partial charge in [0.25, 0.3) is 11.8 Å². The van der Waals surface area contributed by atoms with E-state index in [4.69, 9.17) is 0 Å². The number of benzene rings is 2. The number of thioether (sulfide) groups is 1. The van der Waals surface area contributed by atoms with Gasteiger partial charge in [-0.3, -0.25) is 9.59 Å². The molecule has 1 aliphatic rings. The van der Waals surface area contributed by atoms with Gasteiger partial charge in [0.1, 0.15) is 10.1 Å². The second-order valence-electron chi connectivity index (χ2n) is 7.34. The third kappa shape index (κ3) is 5.08. The Morgan fingerprint density at radius 3 is 2.26 bits per heavy atom. The molecule has 1 saturated heterocycles. The molecule has 0 aliphatic carbocycles. The van der Waals surface area contributed by atoms with Crippen LogP contribution >= 0.6 is 23.1 Å². The molecule has 31 heavy (non-hydrogen) atoms. The average molecular weight is 454 g/mol. The van der Waals surface area contributed by atoms with Crippen molar-refractivity contribution in [3.8, 4) is 5.75 Å². The zero-order valence-electron chi connectivity index (χ0n) is 17.2. The maximum Gasteiger partial charge on any atom is 0.257 e. The van der Waals surface area contributed by atoms with Gasteiger partial charge in [0.05, 0.1) is 5.56 Å². The van der Waals surface area contributed by atoms with Gasteiger partial charge in [-0.2, -0.15) is 0 Å². The van der Waals surface area contributed by atoms with Crippen molar-refractivity contribution in [3.05, 3.63) is 76.3 Å². The molecule has 1 N–H and O–H groups in total. The molecule has 2 amide bonds. The van der Waals surface area contributed by atoms with Crippen LogP contribution in [-0.2, 0) is 5.75 Å². The Morgan fingerprint density at radius 1 is 1.00 bits per heavy atom. The highest BCUT2D eigenvalue weighted by atomic mass is 32.2. The van der Waals surface area contributed by atoms with Gasteiger partial charge in [-0.1, -0.05) is 36.0 Å². The van der Waals surface area contributed by atoms with Crippen LogP contribution in [0.4, 0.5) is 0 Å². The van der Waals surface area contributed by atoms with E-state index in [1.165, 1.54) is 6.07 Å². The molecule has 1 aliphatic heterocycles. The fourth-order valence-corrected chi connectivity index (χ4v) is 5.21. The molecule has 8 heteroatoms. The van der Waals surface area contributed by atoms with Crippen molar-refractivity contribution in [3.63, 3.8) is 0 Å². The molecule has 0 spiro atoms. The highest BCUT2D eigenvalue weighted by Gasteiger charge is 2.26. The Morgan fingerprint density at radius 2 is 1.65 bits per heavy atom. The summed E-state index contributed by atoms with van der Waals surface area (Å²) >= 11 is 3.34. The van der Waals surface area contributed by atoms with Crippen LogP contribution in [0.15, 0.2) is 58.3 Å². The number of nitrogens with zero attached hydrogens (tertiary/aromatic N) is 3. The summed E-state index contributed by atoms with van der Waals surface area (Å²) in [5.41, 5.74) is 3.13. The standard InChI is InChI=1S/C23H23N3O3S2/c1-16-14-30-23(24-16)31-15-17-6-8-18(9-7-17)21(28)25-10-12-26(13-11-25)22(29)19-4-2-3-5-20(19)27/h2-9,14,27H,10-13,15H2,1H3. The molecular formula is C23H23N3O3S2. The first-order chi connectivity index (χ1) is 15.0. The van der Waals surface area contributed by atoms with Crippen molar-refractivity contribution in [1.29, 1.82) is 0 Å². The summed E-state index contributed by atoms with van der Waals surface area (Å²) in [5.74, 6) is 0.565. The lowest BCUT2D eigenvalue weighted by Crippen LogP contribution is -2.50. The highest BCUT2D eigenvalue weighted by molar-refractivity contribution is 8.00. The molecule has 1 aromatic heterocycles. The monoisotopic (exact) mass is 453 g/mol. The van der Waals surface area contributed by atoms with Gasteiger partial charge in [0, 0.05) is 48.6 Å². The first-order valence-corrected chi connectivity index (χ1v) is 11.9. The molecule has 2 aromatic carbocycles. The van der Waals surface area contributed by atoms with Crippen molar-refractivity contribution < 1.29 is 14.7 Å². The van der Waals surface area contributed by atoms with Crippen molar-refractivity contribution in [2.75, 3.05) is 26.2 Å². The summed E-state index contributed by atoms with van der Waals surface area (Å²) in [6, 6.07) is 14.2. The van der Waals surface area contributed by atoms with Crippen molar-refractivity contribution >= 4 is 34.9 Å². The second-order valence-corrected chi connectivity index (χ2v) is 9.42. The topological polar surface area (TPSA) is 73.7 Å². The number of hydrogen-bond acceptors (Lipinski definition) is 6. The van der Waals surface area contributed by atoms with E-state index in [1.54, 1.807) is 51.1 Å². The molecule has 2 heterocycles. The summed E-state index contributed by atoms with van der Waals surface area (Å²) in [6.07, 6.45) is 0. The van der Waals surface area contributed by atoms with Crippen LogP contribution in [-0.4, -0.2) is 57.9 Å². The minimum absolute atomic E-state index is 0.0192. The molecule has 1 fully saturated rings. The maximum atomic E-state index is 12.9. The minimum atomic E-state index is -0.206. The zero-order chi connectivity index (χ0) is 21.8. The summed E-state index contributed by atoms with van der Waals surface area (Å²) in [5, 5.41) is 12.0. The molecule has 0 bridgehead atoms. The molecule has 6 nitrogen and oxygen atoms in total. The van der Waals surface area contributed by atoms with Gasteiger partial charge < -0.3 is 14.9 Å². The van der Waals surface area contributed by atoms with Crippen LogP contribution in [0.3, 0.4) is 0 Å². The normalized spacial score (nSPS) is 14.0. The van der Waals surface area contributed by atoms with Crippen molar-refractivity contribution in [2.24, 2.45) is 0 Å². The van der Waals surface area contributed by atoms with Crippen molar-refractivity contribution in [1.82, 2.24) is 14.8 Å². The number of para-hydroxylation sites is 1. The number of carbonyl (C=O) groups excluding carboxylic acids is 2. The van der Waals surface area contributed by atoms with E-state index >= 15 is 0 Å². The molecule has 160 valence electrons. The maximum absolute atomic E-state index is 12.9.